The molecule has 0 aromatic rings. The smallest absolute Gasteiger partial charge is 0.404 e. The quantitative estimate of drug-likeness (QED) is 0.843. The van der Waals surface area contributed by atoms with Crippen LogP contribution in [-0.2, 0) is 9.47 Å². The van der Waals surface area contributed by atoms with Gasteiger partial charge in [-0.3, -0.25) is 0 Å². The number of primary amides is 1. The number of alkyl halides is 3. The van der Waals surface area contributed by atoms with Crippen LogP contribution in [0.25, 0.3) is 0 Å². The summed E-state index contributed by atoms with van der Waals surface area (Å²) in [7, 11) is 0. The maximum Gasteiger partial charge on any atom is 0.404 e. The summed E-state index contributed by atoms with van der Waals surface area (Å²) in [5.41, 5.74) is 6.22. The van der Waals surface area contributed by atoms with E-state index in [9.17, 15) is 18.0 Å². The standard InChI is InChI=1S/C12H14F3NO3/c13-12(14,15)10-2-1-7-5-18-4-3-8(7)9(10)6-19-11(16)17/h3-4,9-10H,1-2,5-6H2,(H2,16,17). The van der Waals surface area contributed by atoms with Crippen LogP contribution in [0.15, 0.2) is 23.5 Å². The fraction of sp³-hybridized carbons (Fsp3) is 0.583. The third-order valence-corrected chi connectivity index (χ3v) is 3.48. The van der Waals surface area contributed by atoms with Crippen molar-refractivity contribution in [3.63, 3.8) is 0 Å². The van der Waals surface area contributed by atoms with Gasteiger partial charge in [0.05, 0.1) is 12.2 Å². The highest BCUT2D eigenvalue weighted by Gasteiger charge is 2.48. The zero-order chi connectivity index (χ0) is 14.0. The van der Waals surface area contributed by atoms with Crippen LogP contribution in [0.2, 0.25) is 0 Å². The molecule has 0 aromatic carbocycles. The summed E-state index contributed by atoms with van der Waals surface area (Å²) in [6.07, 6.45) is -2.18. The van der Waals surface area contributed by atoms with Crippen molar-refractivity contribution < 1.29 is 27.4 Å². The van der Waals surface area contributed by atoms with Crippen molar-refractivity contribution in [3.05, 3.63) is 23.5 Å². The Morgan fingerprint density at radius 3 is 2.89 bits per heavy atom. The Labute approximate surface area is 108 Å². The van der Waals surface area contributed by atoms with E-state index in [4.69, 9.17) is 10.5 Å². The molecule has 1 heterocycles. The third kappa shape index (κ3) is 3.02. The minimum atomic E-state index is -4.32. The van der Waals surface area contributed by atoms with Gasteiger partial charge < -0.3 is 15.2 Å². The van der Waals surface area contributed by atoms with E-state index >= 15 is 0 Å². The molecule has 0 aromatic heterocycles. The van der Waals surface area contributed by atoms with Gasteiger partial charge in [-0.05, 0) is 30.1 Å². The number of halogens is 3. The van der Waals surface area contributed by atoms with Crippen molar-refractivity contribution >= 4 is 6.09 Å². The van der Waals surface area contributed by atoms with Gasteiger partial charge in [-0.15, -0.1) is 0 Å². The van der Waals surface area contributed by atoms with E-state index in [1.165, 1.54) is 12.3 Å². The second kappa shape index (κ2) is 5.14. The number of amides is 1. The Bertz CT molecular complexity index is 428. The SMILES string of the molecule is NC(=O)OCC1C2=C(CCC1C(F)(F)F)COC=C2. The van der Waals surface area contributed by atoms with E-state index in [-0.39, 0.29) is 13.0 Å². The van der Waals surface area contributed by atoms with E-state index in [0.29, 0.717) is 18.6 Å². The maximum atomic E-state index is 13.0. The van der Waals surface area contributed by atoms with Crippen molar-refractivity contribution in [2.24, 2.45) is 17.6 Å². The Kier molecular flexibility index (Phi) is 3.73. The fourth-order valence-corrected chi connectivity index (χ4v) is 2.59. The second-order valence-corrected chi connectivity index (χ2v) is 4.60. The molecular weight excluding hydrogens is 263 g/mol. The molecule has 19 heavy (non-hydrogen) atoms. The van der Waals surface area contributed by atoms with E-state index in [1.54, 1.807) is 0 Å². The zero-order valence-corrected chi connectivity index (χ0v) is 10.1. The maximum absolute atomic E-state index is 13.0. The molecule has 0 fully saturated rings. The summed E-state index contributed by atoms with van der Waals surface area (Å²) in [4.78, 5) is 10.6. The lowest BCUT2D eigenvalue weighted by molar-refractivity contribution is -0.191. The summed E-state index contributed by atoms with van der Waals surface area (Å²) in [6, 6.07) is 0. The van der Waals surface area contributed by atoms with E-state index in [1.807, 2.05) is 0 Å². The molecule has 2 N–H and O–H groups in total. The lowest BCUT2D eigenvalue weighted by Gasteiger charge is -2.36. The second-order valence-electron chi connectivity index (χ2n) is 4.60. The average molecular weight is 277 g/mol. The summed E-state index contributed by atoms with van der Waals surface area (Å²) in [5.74, 6) is -2.43. The van der Waals surface area contributed by atoms with Crippen LogP contribution in [0.3, 0.4) is 0 Å². The van der Waals surface area contributed by atoms with Crippen LogP contribution >= 0.6 is 0 Å². The van der Waals surface area contributed by atoms with Gasteiger partial charge in [-0.1, -0.05) is 0 Å². The normalized spacial score (nSPS) is 26.7. The lowest BCUT2D eigenvalue weighted by atomic mass is 9.74. The topological polar surface area (TPSA) is 61.6 Å². The van der Waals surface area contributed by atoms with Gasteiger partial charge in [0.2, 0.25) is 0 Å². The number of rotatable bonds is 2. The predicted molar refractivity (Wildman–Crippen MR) is 59.9 cm³/mol. The molecule has 7 heteroatoms. The molecule has 1 aliphatic heterocycles. The van der Waals surface area contributed by atoms with E-state index in [0.717, 1.165) is 5.57 Å². The molecular formula is C12H14F3NO3. The highest BCUT2D eigenvalue weighted by Crippen LogP contribution is 2.45. The first kappa shape index (κ1) is 13.8. The number of allylic oxidation sites excluding steroid dienone is 1. The molecule has 106 valence electrons. The molecule has 0 saturated carbocycles. The molecule has 0 saturated heterocycles. The van der Waals surface area contributed by atoms with Gasteiger partial charge >= 0.3 is 12.3 Å². The average Bonchev–Trinajstić information content (AvgIpc) is 2.34. The molecule has 0 radical (unpaired) electrons. The zero-order valence-electron chi connectivity index (χ0n) is 10.1. The van der Waals surface area contributed by atoms with Gasteiger partial charge in [0.25, 0.3) is 0 Å². The number of hydrogen-bond acceptors (Lipinski definition) is 3. The first-order valence-electron chi connectivity index (χ1n) is 5.88. The molecule has 2 rings (SSSR count). The van der Waals surface area contributed by atoms with E-state index < -0.39 is 24.1 Å². The largest absolute Gasteiger partial charge is 0.497 e. The van der Waals surface area contributed by atoms with Crippen molar-refractivity contribution in [3.8, 4) is 0 Å². The van der Waals surface area contributed by atoms with E-state index in [2.05, 4.69) is 4.74 Å². The molecule has 0 spiro atoms. The Morgan fingerprint density at radius 1 is 1.53 bits per heavy atom. The molecule has 2 unspecified atom stereocenters. The molecule has 1 amide bonds. The first-order chi connectivity index (χ1) is 8.89. The number of carbonyl (C=O) groups is 1. The summed E-state index contributed by atoms with van der Waals surface area (Å²) >= 11 is 0. The van der Waals surface area contributed by atoms with Gasteiger partial charge in [0.1, 0.15) is 13.2 Å². The lowest BCUT2D eigenvalue weighted by Crippen LogP contribution is -2.38. The summed E-state index contributed by atoms with van der Waals surface area (Å²) < 4.78 is 48.7. The summed E-state index contributed by atoms with van der Waals surface area (Å²) in [6.45, 7) is -0.0633. The highest BCUT2D eigenvalue weighted by molar-refractivity contribution is 5.64. The van der Waals surface area contributed by atoms with Crippen molar-refractivity contribution in [1.29, 1.82) is 0 Å². The Hall–Kier alpha value is -1.66. The van der Waals surface area contributed by atoms with Gasteiger partial charge in [-0.2, -0.15) is 13.2 Å². The predicted octanol–water partition coefficient (Wildman–Crippen LogP) is 2.51. The molecule has 2 aliphatic rings. The van der Waals surface area contributed by atoms with Gasteiger partial charge in [0.15, 0.2) is 0 Å². The van der Waals surface area contributed by atoms with Crippen LogP contribution in [0, 0.1) is 11.8 Å². The van der Waals surface area contributed by atoms with Crippen molar-refractivity contribution in [1.82, 2.24) is 0 Å². The number of hydrogen-bond donors (Lipinski definition) is 1. The Morgan fingerprint density at radius 2 is 2.26 bits per heavy atom. The fourth-order valence-electron chi connectivity index (χ4n) is 2.59. The third-order valence-electron chi connectivity index (χ3n) is 3.48. The Balaban J connectivity index is 2.25. The van der Waals surface area contributed by atoms with Gasteiger partial charge in [0, 0.05) is 5.92 Å². The van der Waals surface area contributed by atoms with Crippen LogP contribution < -0.4 is 5.73 Å². The van der Waals surface area contributed by atoms with Crippen LogP contribution in [0.1, 0.15) is 12.8 Å². The minimum absolute atomic E-state index is 0.0215. The van der Waals surface area contributed by atoms with Crippen molar-refractivity contribution in [2.45, 2.75) is 19.0 Å². The number of nitrogens with two attached hydrogens (primary N) is 1. The van der Waals surface area contributed by atoms with Crippen LogP contribution in [-0.4, -0.2) is 25.5 Å². The van der Waals surface area contributed by atoms with Crippen molar-refractivity contribution in [2.75, 3.05) is 13.2 Å². The highest BCUT2D eigenvalue weighted by atomic mass is 19.4. The van der Waals surface area contributed by atoms with Crippen LogP contribution in [0.5, 0.6) is 0 Å². The first-order valence-corrected chi connectivity index (χ1v) is 5.88. The number of ether oxygens (including phenoxy) is 2. The molecule has 1 aliphatic carbocycles. The molecule has 0 bridgehead atoms. The van der Waals surface area contributed by atoms with Gasteiger partial charge in [-0.25, -0.2) is 4.79 Å². The molecule has 2 atom stereocenters. The van der Waals surface area contributed by atoms with Crippen LogP contribution in [0.4, 0.5) is 18.0 Å². The number of carbonyl (C=O) groups excluding carboxylic acids is 1. The minimum Gasteiger partial charge on any atom is -0.497 e. The molecule has 4 nitrogen and oxygen atoms in total. The summed E-state index contributed by atoms with van der Waals surface area (Å²) in [5, 5.41) is 0. The monoisotopic (exact) mass is 277 g/mol.